The first-order chi connectivity index (χ1) is 7.37. The molecule has 0 saturated carbocycles. The van der Waals surface area contributed by atoms with Gasteiger partial charge in [0.05, 0.1) is 6.07 Å². The number of nitriles is 1. The van der Waals surface area contributed by atoms with E-state index in [9.17, 15) is 0 Å². The maximum Gasteiger partial charge on any atom is 0.135 e. The van der Waals surface area contributed by atoms with Crippen LogP contribution < -0.4 is 10.5 Å². The first-order valence-electron chi connectivity index (χ1n) is 5.27. The highest BCUT2D eigenvalue weighted by Crippen LogP contribution is 2.26. The fourth-order valence-electron chi connectivity index (χ4n) is 1.40. The molecule has 0 spiro atoms. The van der Waals surface area contributed by atoms with Gasteiger partial charge in [-0.05, 0) is 44.4 Å². The Morgan fingerprint density at radius 2 is 1.88 bits per heavy atom. The lowest BCUT2D eigenvalue weighted by molar-refractivity contribution is 0.261. The summed E-state index contributed by atoms with van der Waals surface area (Å²) in [5.74, 6) is 0.840. The molecule has 0 fully saturated rings. The lowest BCUT2D eigenvalue weighted by Crippen LogP contribution is -2.40. The van der Waals surface area contributed by atoms with Crippen molar-refractivity contribution >= 4 is 0 Å². The van der Waals surface area contributed by atoms with Gasteiger partial charge in [0.2, 0.25) is 0 Å². The average molecular weight is 218 g/mol. The van der Waals surface area contributed by atoms with Gasteiger partial charge in [0.25, 0.3) is 0 Å². The minimum atomic E-state index is -0.942. The predicted molar refractivity (Wildman–Crippen MR) is 64.4 cm³/mol. The van der Waals surface area contributed by atoms with Gasteiger partial charge >= 0.3 is 0 Å². The van der Waals surface area contributed by atoms with Crippen LogP contribution in [0, 0.1) is 32.1 Å². The second-order valence-corrected chi connectivity index (χ2v) is 4.47. The molecule has 0 aliphatic rings. The van der Waals surface area contributed by atoms with Crippen LogP contribution in [0.4, 0.5) is 0 Å². The van der Waals surface area contributed by atoms with E-state index in [1.54, 1.807) is 6.92 Å². The van der Waals surface area contributed by atoms with Crippen molar-refractivity contribution in [3.8, 4) is 11.8 Å². The Hall–Kier alpha value is -1.53. The van der Waals surface area contributed by atoms with Crippen molar-refractivity contribution in [2.45, 2.75) is 33.2 Å². The number of hydrogen-bond acceptors (Lipinski definition) is 3. The maximum atomic E-state index is 8.81. The molecule has 3 heteroatoms. The van der Waals surface area contributed by atoms with Crippen molar-refractivity contribution in [1.82, 2.24) is 0 Å². The first kappa shape index (κ1) is 12.5. The van der Waals surface area contributed by atoms with Crippen LogP contribution in [-0.2, 0) is 0 Å². The van der Waals surface area contributed by atoms with Crippen LogP contribution in [-0.4, -0.2) is 12.1 Å². The molecule has 0 aromatic heterocycles. The Labute approximate surface area is 96.8 Å². The van der Waals surface area contributed by atoms with Gasteiger partial charge in [-0.1, -0.05) is 12.1 Å². The van der Waals surface area contributed by atoms with Crippen LogP contribution in [0.3, 0.4) is 0 Å². The summed E-state index contributed by atoms with van der Waals surface area (Å²) in [5.41, 5.74) is 8.12. The van der Waals surface area contributed by atoms with Crippen LogP contribution in [0.2, 0.25) is 0 Å². The molecule has 3 nitrogen and oxygen atoms in total. The quantitative estimate of drug-likeness (QED) is 0.846. The van der Waals surface area contributed by atoms with E-state index in [1.807, 2.05) is 32.9 Å². The van der Waals surface area contributed by atoms with Gasteiger partial charge < -0.3 is 10.5 Å². The van der Waals surface area contributed by atoms with Crippen molar-refractivity contribution in [2.24, 2.45) is 5.73 Å². The topological polar surface area (TPSA) is 59.0 Å². The van der Waals surface area contributed by atoms with Crippen LogP contribution >= 0.6 is 0 Å². The van der Waals surface area contributed by atoms with E-state index in [1.165, 1.54) is 5.56 Å². The zero-order valence-electron chi connectivity index (χ0n) is 10.3. The van der Waals surface area contributed by atoms with Crippen molar-refractivity contribution < 1.29 is 4.74 Å². The zero-order chi connectivity index (χ0) is 12.3. The fourth-order valence-corrected chi connectivity index (χ4v) is 1.40. The second-order valence-electron chi connectivity index (χ2n) is 4.47. The summed E-state index contributed by atoms with van der Waals surface area (Å²) in [6.45, 7) is 7.90. The molecule has 86 valence electrons. The molecule has 1 unspecified atom stereocenters. The molecule has 0 aliphatic carbocycles. The summed E-state index contributed by atoms with van der Waals surface area (Å²) in [4.78, 5) is 0. The summed E-state index contributed by atoms with van der Waals surface area (Å²) in [6.07, 6.45) is 0. The normalized spacial score (nSPS) is 14.0. The monoisotopic (exact) mass is 218 g/mol. The zero-order valence-corrected chi connectivity index (χ0v) is 10.3. The average Bonchev–Trinajstić information content (AvgIpc) is 2.24. The fraction of sp³-hybridized carbons (Fsp3) is 0.462. The van der Waals surface area contributed by atoms with Crippen LogP contribution in [0.1, 0.15) is 23.6 Å². The number of aryl methyl sites for hydroxylation is 2. The summed E-state index contributed by atoms with van der Waals surface area (Å²) >= 11 is 0. The number of nitrogens with two attached hydrogens (primary N) is 1. The van der Waals surface area contributed by atoms with Crippen molar-refractivity contribution in [1.29, 1.82) is 5.26 Å². The summed E-state index contributed by atoms with van der Waals surface area (Å²) < 4.78 is 5.66. The lowest BCUT2D eigenvalue weighted by atomic mass is 10.0. The minimum absolute atomic E-state index is 0.203. The SMILES string of the molecule is Cc1ccc(C)c(OCC(C)(N)C#N)c1C. The Kier molecular flexibility index (Phi) is 3.56. The molecule has 0 radical (unpaired) electrons. The van der Waals surface area contributed by atoms with Gasteiger partial charge in [0, 0.05) is 0 Å². The van der Waals surface area contributed by atoms with Crippen LogP contribution in [0.15, 0.2) is 12.1 Å². The molecular weight excluding hydrogens is 200 g/mol. The van der Waals surface area contributed by atoms with E-state index in [-0.39, 0.29) is 6.61 Å². The lowest BCUT2D eigenvalue weighted by Gasteiger charge is -2.19. The first-order valence-corrected chi connectivity index (χ1v) is 5.27. The molecular formula is C13H18N2O. The molecule has 0 bridgehead atoms. The standard InChI is InChI=1S/C13H18N2O/c1-9-5-6-10(2)12(11(9)3)16-8-13(4,15)7-14/h5-6H,8,15H2,1-4H3. The van der Waals surface area contributed by atoms with Crippen molar-refractivity contribution in [3.63, 3.8) is 0 Å². The van der Waals surface area contributed by atoms with Crippen LogP contribution in [0.25, 0.3) is 0 Å². The highest BCUT2D eigenvalue weighted by molar-refractivity contribution is 5.44. The molecule has 1 aromatic rings. The van der Waals surface area contributed by atoms with Gasteiger partial charge in [0.15, 0.2) is 0 Å². The molecule has 0 aliphatic heterocycles. The Morgan fingerprint density at radius 3 is 2.44 bits per heavy atom. The van der Waals surface area contributed by atoms with Gasteiger partial charge in [-0.2, -0.15) is 5.26 Å². The number of ether oxygens (including phenoxy) is 1. The number of benzene rings is 1. The van der Waals surface area contributed by atoms with Crippen molar-refractivity contribution in [2.75, 3.05) is 6.61 Å². The molecule has 0 amide bonds. The third-order valence-electron chi connectivity index (χ3n) is 2.65. The number of nitrogens with zero attached hydrogens (tertiary/aromatic N) is 1. The smallest absolute Gasteiger partial charge is 0.135 e. The third kappa shape index (κ3) is 2.74. The van der Waals surface area contributed by atoms with E-state index in [0.29, 0.717) is 0 Å². The highest BCUT2D eigenvalue weighted by Gasteiger charge is 2.19. The molecule has 1 rings (SSSR count). The van der Waals surface area contributed by atoms with Gasteiger partial charge in [-0.25, -0.2) is 0 Å². The molecule has 1 aromatic carbocycles. The summed E-state index contributed by atoms with van der Waals surface area (Å²) in [5, 5.41) is 8.81. The predicted octanol–water partition coefficient (Wildman–Crippen LogP) is 2.23. The number of hydrogen-bond donors (Lipinski definition) is 1. The van der Waals surface area contributed by atoms with Gasteiger partial charge in [-0.3, -0.25) is 0 Å². The third-order valence-corrected chi connectivity index (χ3v) is 2.65. The maximum absolute atomic E-state index is 8.81. The Balaban J connectivity index is 2.91. The van der Waals surface area contributed by atoms with E-state index in [4.69, 9.17) is 15.7 Å². The molecule has 16 heavy (non-hydrogen) atoms. The molecule has 0 heterocycles. The number of rotatable bonds is 3. The molecule has 2 N–H and O–H groups in total. The van der Waals surface area contributed by atoms with Gasteiger partial charge in [-0.15, -0.1) is 0 Å². The molecule has 0 saturated heterocycles. The van der Waals surface area contributed by atoms with Gasteiger partial charge in [0.1, 0.15) is 17.9 Å². The Bertz CT molecular complexity index is 430. The summed E-state index contributed by atoms with van der Waals surface area (Å²) in [6, 6.07) is 6.09. The summed E-state index contributed by atoms with van der Waals surface area (Å²) in [7, 11) is 0. The largest absolute Gasteiger partial charge is 0.490 e. The van der Waals surface area contributed by atoms with E-state index >= 15 is 0 Å². The van der Waals surface area contributed by atoms with Crippen molar-refractivity contribution in [3.05, 3.63) is 28.8 Å². The molecule has 1 atom stereocenters. The minimum Gasteiger partial charge on any atom is -0.490 e. The second kappa shape index (κ2) is 4.54. The van der Waals surface area contributed by atoms with Crippen LogP contribution in [0.5, 0.6) is 5.75 Å². The van der Waals surface area contributed by atoms with E-state index in [2.05, 4.69) is 6.07 Å². The van der Waals surface area contributed by atoms with E-state index < -0.39 is 5.54 Å². The highest BCUT2D eigenvalue weighted by atomic mass is 16.5. The Morgan fingerprint density at radius 1 is 1.31 bits per heavy atom. The van der Waals surface area contributed by atoms with E-state index in [0.717, 1.165) is 16.9 Å².